The predicted octanol–water partition coefficient (Wildman–Crippen LogP) is 2.50. The maximum Gasteiger partial charge on any atom is 0.253 e. The molecule has 0 radical (unpaired) electrons. The van der Waals surface area contributed by atoms with Crippen LogP contribution in [0, 0.1) is 5.92 Å². The van der Waals surface area contributed by atoms with Crippen LogP contribution < -0.4 is 16.4 Å². The van der Waals surface area contributed by atoms with Crippen LogP contribution in [0.4, 0.5) is 10.7 Å². The topological polar surface area (TPSA) is 89.4 Å². The predicted molar refractivity (Wildman–Crippen MR) is 84.6 cm³/mol. The fourth-order valence-electron chi connectivity index (χ4n) is 2.01. The van der Waals surface area contributed by atoms with E-state index in [4.69, 9.17) is 11.5 Å². The highest BCUT2D eigenvalue weighted by molar-refractivity contribution is 7.19. The molecule has 1 aromatic heterocycles. The summed E-state index contributed by atoms with van der Waals surface area (Å²) in [5.41, 5.74) is 12.0. The van der Waals surface area contributed by atoms with Crippen molar-refractivity contribution in [3.05, 3.63) is 10.4 Å². The first kappa shape index (κ1) is 16.5. The Labute approximate surface area is 123 Å². The lowest BCUT2D eigenvalue weighted by atomic mass is 10.1. The minimum Gasteiger partial charge on any atom is -0.397 e. The number of ketones is 1. The van der Waals surface area contributed by atoms with Gasteiger partial charge >= 0.3 is 0 Å². The molecule has 0 aromatic carbocycles. The average Bonchev–Trinajstić information content (AvgIpc) is 2.72. The van der Waals surface area contributed by atoms with E-state index in [0.717, 1.165) is 19.5 Å². The van der Waals surface area contributed by atoms with Crippen LogP contribution in [0.3, 0.4) is 0 Å². The number of thiophene rings is 1. The highest BCUT2D eigenvalue weighted by Gasteiger charge is 2.27. The van der Waals surface area contributed by atoms with Gasteiger partial charge in [-0.1, -0.05) is 20.8 Å². The first-order valence-corrected chi connectivity index (χ1v) is 7.67. The SMILES string of the molecule is CCCN(CC)c1sc(C(=O)C(C)C)c(N)c1C(N)=O. The van der Waals surface area contributed by atoms with E-state index < -0.39 is 5.91 Å². The van der Waals surface area contributed by atoms with E-state index >= 15 is 0 Å². The number of nitrogens with two attached hydrogens (primary N) is 2. The Morgan fingerprint density at radius 2 is 1.90 bits per heavy atom. The zero-order chi connectivity index (χ0) is 15.4. The molecular weight excluding hydrogens is 274 g/mol. The molecule has 0 saturated heterocycles. The quantitative estimate of drug-likeness (QED) is 0.757. The van der Waals surface area contributed by atoms with Crippen LogP contribution in [0.25, 0.3) is 0 Å². The number of anilines is 2. The molecule has 0 aliphatic rings. The summed E-state index contributed by atoms with van der Waals surface area (Å²) in [6.07, 6.45) is 0.942. The van der Waals surface area contributed by atoms with Crippen molar-refractivity contribution >= 4 is 33.7 Å². The number of nitrogens with zero attached hydrogens (tertiary/aromatic N) is 1. The summed E-state index contributed by atoms with van der Waals surface area (Å²) in [5, 5.41) is 0.711. The average molecular weight is 297 g/mol. The highest BCUT2D eigenvalue weighted by Crippen LogP contribution is 2.39. The molecule has 1 aromatic rings. The maximum absolute atomic E-state index is 12.2. The van der Waals surface area contributed by atoms with Crippen LogP contribution >= 0.6 is 11.3 Å². The summed E-state index contributed by atoms with van der Waals surface area (Å²) in [7, 11) is 0. The van der Waals surface area contributed by atoms with E-state index in [1.807, 2.05) is 25.7 Å². The Morgan fingerprint density at radius 1 is 1.30 bits per heavy atom. The molecule has 112 valence electrons. The van der Waals surface area contributed by atoms with E-state index in [9.17, 15) is 9.59 Å². The number of nitrogen functional groups attached to an aromatic ring is 1. The summed E-state index contributed by atoms with van der Waals surface area (Å²) in [6, 6.07) is 0. The Morgan fingerprint density at radius 3 is 2.30 bits per heavy atom. The Balaban J connectivity index is 3.40. The lowest BCUT2D eigenvalue weighted by Crippen LogP contribution is -2.25. The van der Waals surface area contributed by atoms with Crippen LogP contribution in [0.15, 0.2) is 0 Å². The third-order valence-electron chi connectivity index (χ3n) is 3.08. The fraction of sp³-hybridized carbons (Fsp3) is 0.571. The number of carbonyl (C=O) groups excluding carboxylic acids is 2. The van der Waals surface area contributed by atoms with Crippen LogP contribution in [-0.2, 0) is 0 Å². The minimum absolute atomic E-state index is 0.0474. The zero-order valence-electron chi connectivity index (χ0n) is 12.5. The second-order valence-electron chi connectivity index (χ2n) is 4.99. The van der Waals surface area contributed by atoms with Crippen molar-refractivity contribution in [3.63, 3.8) is 0 Å². The number of carbonyl (C=O) groups is 2. The molecule has 4 N–H and O–H groups in total. The summed E-state index contributed by atoms with van der Waals surface area (Å²) >= 11 is 1.27. The highest BCUT2D eigenvalue weighted by atomic mass is 32.1. The van der Waals surface area contributed by atoms with Gasteiger partial charge in [0.05, 0.1) is 16.1 Å². The monoisotopic (exact) mass is 297 g/mol. The largest absolute Gasteiger partial charge is 0.397 e. The molecule has 0 fully saturated rings. The molecule has 0 spiro atoms. The maximum atomic E-state index is 12.2. The van der Waals surface area contributed by atoms with Gasteiger partial charge in [-0.05, 0) is 13.3 Å². The molecular formula is C14H23N3O2S. The molecule has 20 heavy (non-hydrogen) atoms. The molecule has 0 unspecified atom stereocenters. The van der Waals surface area contributed by atoms with Crippen molar-refractivity contribution in [2.75, 3.05) is 23.7 Å². The Kier molecular flexibility index (Phi) is 5.56. The van der Waals surface area contributed by atoms with Crippen LogP contribution in [0.5, 0.6) is 0 Å². The van der Waals surface area contributed by atoms with Gasteiger partial charge in [-0.2, -0.15) is 0 Å². The number of amides is 1. The zero-order valence-corrected chi connectivity index (χ0v) is 13.3. The van der Waals surface area contributed by atoms with Crippen molar-refractivity contribution < 1.29 is 9.59 Å². The third-order valence-corrected chi connectivity index (χ3v) is 4.36. The number of Topliss-reactive ketones (excluding diaryl/α,β-unsaturated/α-hetero) is 1. The molecule has 0 saturated carbocycles. The molecule has 0 aliphatic carbocycles. The van der Waals surface area contributed by atoms with Crippen molar-refractivity contribution in [1.29, 1.82) is 0 Å². The summed E-state index contributed by atoms with van der Waals surface area (Å²) in [4.78, 5) is 26.3. The number of hydrogen-bond acceptors (Lipinski definition) is 5. The molecule has 1 heterocycles. The van der Waals surface area contributed by atoms with E-state index in [1.165, 1.54) is 11.3 Å². The van der Waals surface area contributed by atoms with Gasteiger partial charge in [0.2, 0.25) is 0 Å². The van der Waals surface area contributed by atoms with Gasteiger partial charge < -0.3 is 16.4 Å². The van der Waals surface area contributed by atoms with E-state index in [1.54, 1.807) is 0 Å². The van der Waals surface area contributed by atoms with Gasteiger partial charge in [0.15, 0.2) is 5.78 Å². The van der Waals surface area contributed by atoms with Crippen molar-refractivity contribution in [3.8, 4) is 0 Å². The second-order valence-corrected chi connectivity index (χ2v) is 5.99. The van der Waals surface area contributed by atoms with Crippen molar-refractivity contribution in [1.82, 2.24) is 0 Å². The van der Waals surface area contributed by atoms with E-state index in [-0.39, 0.29) is 23.0 Å². The fourth-order valence-corrected chi connectivity index (χ4v) is 3.41. The van der Waals surface area contributed by atoms with Gasteiger partial charge in [-0.25, -0.2) is 0 Å². The third kappa shape index (κ3) is 3.12. The lowest BCUT2D eigenvalue weighted by Gasteiger charge is -2.21. The van der Waals surface area contributed by atoms with Gasteiger partial charge in [-0.15, -0.1) is 11.3 Å². The minimum atomic E-state index is -0.578. The van der Waals surface area contributed by atoms with Crippen molar-refractivity contribution in [2.45, 2.75) is 34.1 Å². The standard InChI is InChI=1S/C14H23N3O2S/c1-5-7-17(6-2)14-9(13(16)19)10(15)12(20-14)11(18)8(3)4/h8H,5-7,15H2,1-4H3,(H2,16,19). The van der Waals surface area contributed by atoms with Crippen LogP contribution in [-0.4, -0.2) is 24.8 Å². The smallest absolute Gasteiger partial charge is 0.253 e. The molecule has 0 atom stereocenters. The van der Waals surface area contributed by atoms with Gasteiger partial charge in [0.1, 0.15) is 5.00 Å². The Hall–Kier alpha value is -1.56. The first-order chi connectivity index (χ1) is 9.34. The summed E-state index contributed by atoms with van der Waals surface area (Å²) < 4.78 is 0. The molecule has 1 amide bonds. The molecule has 6 heteroatoms. The number of rotatable bonds is 7. The lowest BCUT2D eigenvalue weighted by molar-refractivity contribution is 0.0944. The molecule has 0 bridgehead atoms. The summed E-state index contributed by atoms with van der Waals surface area (Å²) in [6.45, 7) is 9.23. The molecule has 0 aliphatic heterocycles. The van der Waals surface area contributed by atoms with E-state index in [0.29, 0.717) is 9.88 Å². The van der Waals surface area contributed by atoms with Gasteiger partial charge in [0.25, 0.3) is 5.91 Å². The number of hydrogen-bond donors (Lipinski definition) is 2. The normalized spacial score (nSPS) is 10.8. The summed E-state index contributed by atoms with van der Waals surface area (Å²) in [5.74, 6) is -0.786. The molecule has 5 nitrogen and oxygen atoms in total. The second kappa shape index (κ2) is 6.74. The van der Waals surface area contributed by atoms with Crippen LogP contribution in [0.1, 0.15) is 54.1 Å². The van der Waals surface area contributed by atoms with Crippen molar-refractivity contribution in [2.24, 2.45) is 11.7 Å². The van der Waals surface area contributed by atoms with Gasteiger partial charge in [0, 0.05) is 19.0 Å². The number of primary amides is 1. The Bertz CT molecular complexity index is 509. The first-order valence-electron chi connectivity index (χ1n) is 6.86. The van der Waals surface area contributed by atoms with E-state index in [2.05, 4.69) is 6.92 Å². The van der Waals surface area contributed by atoms with Gasteiger partial charge in [-0.3, -0.25) is 9.59 Å². The molecule has 1 rings (SSSR count). The van der Waals surface area contributed by atoms with Crippen LogP contribution in [0.2, 0.25) is 0 Å².